The van der Waals surface area contributed by atoms with E-state index < -0.39 is 0 Å². The molecular weight excluding hydrogens is 467 g/mol. The largest absolute Gasteiger partial charge is 0.353 e. The zero-order valence-corrected chi connectivity index (χ0v) is 19.0. The molecule has 1 heterocycles. The number of hydrogen-bond acceptors (Lipinski definition) is 3. The fourth-order valence-electron chi connectivity index (χ4n) is 3.19. The SMILES string of the molecule is CN(C)C(=O)CNC(=NCc1ccn(C)n1)NC1CCc2ccccc2C1.I. The molecule has 0 radical (unpaired) electrons. The van der Waals surface area contributed by atoms with E-state index in [1.165, 1.54) is 11.1 Å². The van der Waals surface area contributed by atoms with E-state index in [0.717, 1.165) is 25.0 Å². The fourth-order valence-corrected chi connectivity index (χ4v) is 3.19. The average molecular weight is 496 g/mol. The highest BCUT2D eigenvalue weighted by molar-refractivity contribution is 14.0. The molecule has 2 aromatic rings. The van der Waals surface area contributed by atoms with Crippen LogP contribution >= 0.6 is 24.0 Å². The lowest BCUT2D eigenvalue weighted by atomic mass is 9.88. The Morgan fingerprint density at radius 2 is 2.04 bits per heavy atom. The summed E-state index contributed by atoms with van der Waals surface area (Å²) in [5.41, 5.74) is 3.71. The van der Waals surface area contributed by atoms with Crippen LogP contribution in [0.15, 0.2) is 41.5 Å². The number of aliphatic imine (C=N–C) groups is 1. The van der Waals surface area contributed by atoms with E-state index in [4.69, 9.17) is 0 Å². The van der Waals surface area contributed by atoms with E-state index in [1.54, 1.807) is 23.7 Å². The highest BCUT2D eigenvalue weighted by Gasteiger charge is 2.19. The lowest BCUT2D eigenvalue weighted by molar-refractivity contribution is -0.127. The van der Waals surface area contributed by atoms with Crippen molar-refractivity contribution in [2.45, 2.75) is 31.8 Å². The molecule has 7 nitrogen and oxygen atoms in total. The van der Waals surface area contributed by atoms with Crippen molar-refractivity contribution in [1.29, 1.82) is 0 Å². The van der Waals surface area contributed by atoms with Crippen LogP contribution in [0.1, 0.15) is 23.2 Å². The summed E-state index contributed by atoms with van der Waals surface area (Å²) in [5, 5.41) is 11.0. The van der Waals surface area contributed by atoms with Gasteiger partial charge in [0.15, 0.2) is 5.96 Å². The summed E-state index contributed by atoms with van der Waals surface area (Å²) in [6.07, 6.45) is 4.96. The van der Waals surface area contributed by atoms with E-state index in [-0.39, 0.29) is 36.4 Å². The number of rotatable bonds is 5. The van der Waals surface area contributed by atoms with Crippen molar-refractivity contribution in [2.24, 2.45) is 12.0 Å². The lowest BCUT2D eigenvalue weighted by Gasteiger charge is -2.27. The molecule has 1 amide bonds. The molecule has 0 saturated heterocycles. The monoisotopic (exact) mass is 496 g/mol. The number of likely N-dealkylation sites (N-methyl/N-ethyl adjacent to an activating group) is 1. The van der Waals surface area contributed by atoms with Crippen molar-refractivity contribution in [3.8, 4) is 0 Å². The van der Waals surface area contributed by atoms with Gasteiger partial charge in [-0.15, -0.1) is 24.0 Å². The zero-order chi connectivity index (χ0) is 19.2. The maximum absolute atomic E-state index is 11.9. The Balaban J connectivity index is 0.00000280. The first kappa shape index (κ1) is 22.2. The minimum absolute atomic E-state index is 0. The van der Waals surface area contributed by atoms with Crippen molar-refractivity contribution < 1.29 is 4.79 Å². The minimum Gasteiger partial charge on any atom is -0.353 e. The van der Waals surface area contributed by atoms with Crippen LogP contribution in [0.5, 0.6) is 0 Å². The highest BCUT2D eigenvalue weighted by Crippen LogP contribution is 2.20. The molecule has 152 valence electrons. The Bertz CT molecular complexity index is 817. The van der Waals surface area contributed by atoms with Crippen molar-refractivity contribution >= 4 is 35.8 Å². The maximum atomic E-state index is 11.9. The molecule has 3 rings (SSSR count). The molecule has 0 aliphatic heterocycles. The molecule has 2 N–H and O–H groups in total. The van der Waals surface area contributed by atoms with Crippen LogP contribution in [0.3, 0.4) is 0 Å². The Kier molecular flexibility index (Phi) is 8.28. The summed E-state index contributed by atoms with van der Waals surface area (Å²) < 4.78 is 1.76. The predicted octanol–water partition coefficient (Wildman–Crippen LogP) is 1.72. The minimum atomic E-state index is 0. The first-order valence-electron chi connectivity index (χ1n) is 9.31. The summed E-state index contributed by atoms with van der Waals surface area (Å²) in [6, 6.07) is 10.8. The van der Waals surface area contributed by atoms with Crippen molar-refractivity contribution in [3.05, 3.63) is 53.3 Å². The van der Waals surface area contributed by atoms with Crippen LogP contribution in [0.25, 0.3) is 0 Å². The van der Waals surface area contributed by atoms with Gasteiger partial charge in [-0.05, 0) is 36.5 Å². The van der Waals surface area contributed by atoms with Crippen LogP contribution in [-0.2, 0) is 31.2 Å². The van der Waals surface area contributed by atoms with Crippen LogP contribution in [0, 0.1) is 0 Å². The Morgan fingerprint density at radius 3 is 2.71 bits per heavy atom. The van der Waals surface area contributed by atoms with Gasteiger partial charge in [-0.1, -0.05) is 24.3 Å². The second-order valence-electron chi connectivity index (χ2n) is 7.14. The number of amides is 1. The number of carbonyl (C=O) groups is 1. The molecule has 1 aromatic carbocycles. The van der Waals surface area contributed by atoms with Gasteiger partial charge in [-0.2, -0.15) is 5.10 Å². The Hall–Kier alpha value is -2.10. The standard InChI is InChI=1S/C20H28N6O.HI/c1-25(2)19(27)14-22-20(21-13-18-10-11-26(3)24-18)23-17-9-8-15-6-4-5-7-16(15)12-17;/h4-7,10-11,17H,8-9,12-14H2,1-3H3,(H2,21,22,23);1H. The third-order valence-corrected chi connectivity index (χ3v) is 4.76. The van der Waals surface area contributed by atoms with Gasteiger partial charge in [0.25, 0.3) is 0 Å². The summed E-state index contributed by atoms with van der Waals surface area (Å²) in [6.45, 7) is 0.681. The summed E-state index contributed by atoms with van der Waals surface area (Å²) >= 11 is 0. The molecule has 1 atom stereocenters. The van der Waals surface area contributed by atoms with Gasteiger partial charge in [-0.3, -0.25) is 9.48 Å². The van der Waals surface area contributed by atoms with Crippen LogP contribution in [-0.4, -0.2) is 53.2 Å². The zero-order valence-electron chi connectivity index (χ0n) is 16.7. The van der Waals surface area contributed by atoms with E-state index in [2.05, 4.69) is 45.0 Å². The molecule has 1 aliphatic rings. The number of guanidine groups is 1. The average Bonchev–Trinajstić information content (AvgIpc) is 3.08. The van der Waals surface area contributed by atoms with E-state index >= 15 is 0 Å². The third kappa shape index (κ3) is 6.22. The van der Waals surface area contributed by atoms with Crippen LogP contribution in [0.2, 0.25) is 0 Å². The number of benzene rings is 1. The third-order valence-electron chi connectivity index (χ3n) is 4.76. The highest BCUT2D eigenvalue weighted by atomic mass is 127. The van der Waals surface area contributed by atoms with Gasteiger partial charge in [0.05, 0.1) is 18.8 Å². The molecular formula is C20H29IN6O. The second kappa shape index (κ2) is 10.4. The number of halogens is 1. The molecule has 0 spiro atoms. The lowest BCUT2D eigenvalue weighted by Crippen LogP contribution is -2.48. The molecule has 28 heavy (non-hydrogen) atoms. The van der Waals surface area contributed by atoms with Gasteiger partial charge in [0.2, 0.25) is 5.91 Å². The number of hydrogen-bond donors (Lipinski definition) is 2. The summed E-state index contributed by atoms with van der Waals surface area (Å²) in [5.74, 6) is 0.663. The first-order valence-corrected chi connectivity index (χ1v) is 9.31. The molecule has 0 fully saturated rings. The van der Waals surface area contributed by atoms with Crippen LogP contribution < -0.4 is 10.6 Å². The number of fused-ring (bicyclic) bond motifs is 1. The predicted molar refractivity (Wildman–Crippen MR) is 122 cm³/mol. The number of nitrogens with one attached hydrogen (secondary N) is 2. The van der Waals surface area contributed by atoms with Crippen LogP contribution in [0.4, 0.5) is 0 Å². The first-order chi connectivity index (χ1) is 13.0. The van der Waals surface area contributed by atoms with Gasteiger partial charge < -0.3 is 15.5 Å². The van der Waals surface area contributed by atoms with Crippen molar-refractivity contribution in [3.63, 3.8) is 0 Å². The van der Waals surface area contributed by atoms with Gasteiger partial charge in [-0.25, -0.2) is 4.99 Å². The van der Waals surface area contributed by atoms with E-state index in [9.17, 15) is 4.79 Å². The van der Waals surface area contributed by atoms with Gasteiger partial charge in [0.1, 0.15) is 0 Å². The Labute approximate surface area is 183 Å². The number of aromatic nitrogens is 2. The molecule has 1 aliphatic carbocycles. The van der Waals surface area contributed by atoms with Crippen molar-refractivity contribution in [2.75, 3.05) is 20.6 Å². The van der Waals surface area contributed by atoms with Gasteiger partial charge in [0, 0.05) is 33.4 Å². The van der Waals surface area contributed by atoms with Gasteiger partial charge >= 0.3 is 0 Å². The number of carbonyl (C=O) groups excluding carboxylic acids is 1. The second-order valence-corrected chi connectivity index (χ2v) is 7.14. The quantitative estimate of drug-likeness (QED) is 0.376. The number of nitrogens with zero attached hydrogens (tertiary/aromatic N) is 4. The molecule has 8 heteroatoms. The summed E-state index contributed by atoms with van der Waals surface area (Å²) in [7, 11) is 5.39. The van der Waals surface area contributed by atoms with Crippen molar-refractivity contribution in [1.82, 2.24) is 25.3 Å². The molecule has 0 bridgehead atoms. The molecule has 1 unspecified atom stereocenters. The number of aryl methyl sites for hydroxylation is 2. The van der Waals surface area contributed by atoms with E-state index in [0.29, 0.717) is 18.5 Å². The fraction of sp³-hybridized carbons (Fsp3) is 0.450. The maximum Gasteiger partial charge on any atom is 0.241 e. The summed E-state index contributed by atoms with van der Waals surface area (Å²) in [4.78, 5) is 18.2. The topological polar surface area (TPSA) is 74.5 Å². The molecule has 0 saturated carbocycles. The normalized spacial score (nSPS) is 16.0. The molecule has 1 aromatic heterocycles. The Morgan fingerprint density at radius 1 is 1.29 bits per heavy atom. The van der Waals surface area contributed by atoms with E-state index in [1.807, 2.05) is 19.3 Å². The smallest absolute Gasteiger partial charge is 0.241 e.